The molecular weight excluding hydrogens is 416 g/mol. The second-order valence-corrected chi connectivity index (χ2v) is 9.81. The second kappa shape index (κ2) is 9.51. The molecule has 3 rings (SSSR count). The number of hydrogen-bond donors (Lipinski definition) is 1. The van der Waals surface area contributed by atoms with Crippen LogP contribution in [0.4, 0.5) is 4.79 Å². The molecule has 8 heteroatoms. The Morgan fingerprint density at radius 2 is 1.77 bits per heavy atom. The van der Waals surface area contributed by atoms with Crippen molar-refractivity contribution < 1.29 is 22.7 Å². The van der Waals surface area contributed by atoms with Crippen LogP contribution in [0.3, 0.4) is 0 Å². The number of carbonyl (C=O) groups excluding carboxylic acids is 2. The van der Waals surface area contributed by atoms with Gasteiger partial charge in [0.1, 0.15) is 5.75 Å². The van der Waals surface area contributed by atoms with Gasteiger partial charge >= 0.3 is 6.09 Å². The van der Waals surface area contributed by atoms with E-state index in [0.717, 1.165) is 18.4 Å². The molecule has 1 fully saturated rings. The lowest BCUT2D eigenvalue weighted by atomic mass is 10.1. The lowest BCUT2D eigenvalue weighted by Gasteiger charge is -2.24. The van der Waals surface area contributed by atoms with Crippen molar-refractivity contribution in [2.24, 2.45) is 5.92 Å². The van der Waals surface area contributed by atoms with Crippen molar-refractivity contribution in [3.63, 3.8) is 0 Å². The third kappa shape index (κ3) is 5.44. The van der Waals surface area contributed by atoms with Crippen molar-refractivity contribution in [1.29, 1.82) is 0 Å². The van der Waals surface area contributed by atoms with Crippen molar-refractivity contribution in [1.82, 2.24) is 10.2 Å². The van der Waals surface area contributed by atoms with E-state index in [1.807, 2.05) is 6.92 Å². The van der Waals surface area contributed by atoms with Gasteiger partial charge in [0.15, 0.2) is 9.84 Å². The molecule has 7 nitrogen and oxygen atoms in total. The van der Waals surface area contributed by atoms with Gasteiger partial charge in [0.25, 0.3) is 0 Å². The summed E-state index contributed by atoms with van der Waals surface area (Å²) in [5.74, 6) is 0.335. The molecule has 2 atom stereocenters. The van der Waals surface area contributed by atoms with E-state index in [4.69, 9.17) is 4.74 Å². The predicted octanol–water partition coefficient (Wildman–Crippen LogP) is 3.49. The Balaban J connectivity index is 1.66. The van der Waals surface area contributed by atoms with Gasteiger partial charge in [-0.15, -0.1) is 0 Å². The standard InChI is InChI=1S/C23H28N2O5S/c1-4-24-22(26)17-9-12-18(15-17)25(2)23(27)30-19-13-10-16(11-14-19)20-7-5-6-8-21(20)31(3,28)29/h5-8,10-11,13-14,17-18H,4,9,12,15H2,1-3H3,(H,24,26)/t17-,18+/m0/s1. The van der Waals surface area contributed by atoms with E-state index in [9.17, 15) is 18.0 Å². The molecule has 1 aliphatic rings. The number of rotatable bonds is 6. The van der Waals surface area contributed by atoms with Crippen LogP contribution in [0.25, 0.3) is 11.1 Å². The summed E-state index contributed by atoms with van der Waals surface area (Å²) in [5, 5.41) is 2.84. The van der Waals surface area contributed by atoms with Gasteiger partial charge < -0.3 is 15.0 Å². The molecule has 166 valence electrons. The highest BCUT2D eigenvalue weighted by molar-refractivity contribution is 7.90. The SMILES string of the molecule is CCNC(=O)[C@H]1CC[C@@H](N(C)C(=O)Oc2ccc(-c3ccccc3S(C)(=O)=O)cc2)C1. The minimum absolute atomic E-state index is 0.0386. The zero-order valence-corrected chi connectivity index (χ0v) is 18.8. The van der Waals surface area contributed by atoms with Crippen LogP contribution in [0.2, 0.25) is 0 Å². The molecule has 1 N–H and O–H groups in total. The summed E-state index contributed by atoms with van der Waals surface area (Å²) in [4.78, 5) is 26.4. The Morgan fingerprint density at radius 3 is 2.42 bits per heavy atom. The number of carbonyl (C=O) groups is 2. The molecule has 0 heterocycles. The zero-order valence-electron chi connectivity index (χ0n) is 18.0. The molecule has 0 unspecified atom stereocenters. The highest BCUT2D eigenvalue weighted by Crippen LogP contribution is 2.31. The molecule has 2 amide bonds. The van der Waals surface area contributed by atoms with Gasteiger partial charge in [-0.2, -0.15) is 0 Å². The molecule has 1 saturated carbocycles. The maximum atomic E-state index is 12.6. The molecule has 0 bridgehead atoms. The normalized spacial score (nSPS) is 18.4. The molecule has 0 spiro atoms. The summed E-state index contributed by atoms with van der Waals surface area (Å²) in [6, 6.07) is 13.5. The van der Waals surface area contributed by atoms with Gasteiger partial charge in [-0.25, -0.2) is 13.2 Å². The Hall–Kier alpha value is -2.87. The zero-order chi connectivity index (χ0) is 22.6. The summed E-state index contributed by atoms with van der Waals surface area (Å²) in [5.41, 5.74) is 1.32. The summed E-state index contributed by atoms with van der Waals surface area (Å²) in [7, 11) is -1.68. The third-order valence-electron chi connectivity index (χ3n) is 5.62. The van der Waals surface area contributed by atoms with Crippen molar-refractivity contribution in [3.8, 4) is 16.9 Å². The van der Waals surface area contributed by atoms with E-state index in [2.05, 4.69) is 5.32 Å². The Morgan fingerprint density at radius 1 is 1.10 bits per heavy atom. The fraction of sp³-hybridized carbons (Fsp3) is 0.391. The smallest absolute Gasteiger partial charge is 0.410 e. The van der Waals surface area contributed by atoms with E-state index in [1.54, 1.807) is 60.5 Å². The lowest BCUT2D eigenvalue weighted by Crippen LogP contribution is -2.38. The van der Waals surface area contributed by atoms with Crippen molar-refractivity contribution in [3.05, 3.63) is 48.5 Å². The average molecular weight is 445 g/mol. The molecule has 0 aliphatic heterocycles. The topological polar surface area (TPSA) is 92.8 Å². The summed E-state index contributed by atoms with van der Waals surface area (Å²) in [6.07, 6.45) is 2.83. The number of benzene rings is 2. The number of amides is 2. The molecular formula is C23H28N2O5S. The number of ether oxygens (including phenoxy) is 1. The van der Waals surface area contributed by atoms with E-state index in [0.29, 0.717) is 24.3 Å². The van der Waals surface area contributed by atoms with Crippen LogP contribution in [0.1, 0.15) is 26.2 Å². The molecule has 0 saturated heterocycles. The quantitative estimate of drug-likeness (QED) is 0.736. The van der Waals surface area contributed by atoms with Crippen LogP contribution in [0.5, 0.6) is 5.75 Å². The summed E-state index contributed by atoms with van der Waals surface area (Å²) < 4.78 is 29.6. The van der Waals surface area contributed by atoms with Gasteiger partial charge in [-0.1, -0.05) is 30.3 Å². The molecule has 31 heavy (non-hydrogen) atoms. The maximum Gasteiger partial charge on any atom is 0.415 e. The highest BCUT2D eigenvalue weighted by atomic mass is 32.2. The van der Waals surface area contributed by atoms with E-state index >= 15 is 0 Å². The van der Waals surface area contributed by atoms with Crippen LogP contribution in [0.15, 0.2) is 53.4 Å². The fourth-order valence-electron chi connectivity index (χ4n) is 3.92. The first-order valence-corrected chi connectivity index (χ1v) is 12.2. The lowest BCUT2D eigenvalue weighted by molar-refractivity contribution is -0.124. The Labute approximate surface area is 183 Å². The minimum Gasteiger partial charge on any atom is -0.410 e. The second-order valence-electron chi connectivity index (χ2n) is 7.83. The highest BCUT2D eigenvalue weighted by Gasteiger charge is 2.34. The summed E-state index contributed by atoms with van der Waals surface area (Å²) in [6.45, 7) is 2.49. The van der Waals surface area contributed by atoms with E-state index < -0.39 is 15.9 Å². The largest absolute Gasteiger partial charge is 0.415 e. The van der Waals surface area contributed by atoms with E-state index in [1.165, 1.54) is 6.26 Å². The van der Waals surface area contributed by atoms with Crippen LogP contribution in [0, 0.1) is 5.92 Å². The van der Waals surface area contributed by atoms with Crippen LogP contribution in [-0.2, 0) is 14.6 Å². The summed E-state index contributed by atoms with van der Waals surface area (Å²) >= 11 is 0. The maximum absolute atomic E-state index is 12.6. The van der Waals surface area contributed by atoms with Crippen LogP contribution in [-0.4, -0.2) is 51.2 Å². The number of hydrogen-bond acceptors (Lipinski definition) is 5. The van der Waals surface area contributed by atoms with E-state index in [-0.39, 0.29) is 22.8 Å². The van der Waals surface area contributed by atoms with Gasteiger partial charge in [-0.3, -0.25) is 4.79 Å². The first kappa shape index (κ1) is 22.8. The van der Waals surface area contributed by atoms with Gasteiger partial charge in [0.2, 0.25) is 5.91 Å². The third-order valence-corrected chi connectivity index (χ3v) is 6.77. The van der Waals surface area contributed by atoms with Crippen molar-refractivity contribution >= 4 is 21.8 Å². The monoisotopic (exact) mass is 444 g/mol. The van der Waals surface area contributed by atoms with Gasteiger partial charge in [-0.05, 0) is 49.9 Å². The number of nitrogens with one attached hydrogen (secondary N) is 1. The van der Waals surface area contributed by atoms with Crippen molar-refractivity contribution in [2.45, 2.75) is 37.1 Å². The average Bonchev–Trinajstić information content (AvgIpc) is 3.24. The first-order valence-electron chi connectivity index (χ1n) is 10.3. The van der Waals surface area contributed by atoms with Crippen LogP contribution >= 0.6 is 0 Å². The first-order chi connectivity index (χ1) is 14.7. The fourth-order valence-corrected chi connectivity index (χ4v) is 4.83. The molecule has 2 aromatic rings. The predicted molar refractivity (Wildman–Crippen MR) is 119 cm³/mol. The van der Waals surface area contributed by atoms with Crippen molar-refractivity contribution in [2.75, 3.05) is 19.8 Å². The van der Waals surface area contributed by atoms with Crippen LogP contribution < -0.4 is 10.1 Å². The Kier molecular flexibility index (Phi) is 7.00. The van der Waals surface area contributed by atoms with Gasteiger partial charge in [0.05, 0.1) is 4.90 Å². The van der Waals surface area contributed by atoms with Gasteiger partial charge in [0, 0.05) is 37.4 Å². The molecule has 0 aromatic heterocycles. The molecule has 0 radical (unpaired) electrons. The molecule has 2 aromatic carbocycles. The Bertz CT molecular complexity index is 1050. The minimum atomic E-state index is -3.37. The number of nitrogens with zero attached hydrogens (tertiary/aromatic N) is 1. The number of sulfone groups is 1. The molecule has 1 aliphatic carbocycles.